The van der Waals surface area contributed by atoms with Crippen LogP contribution in [0, 0.1) is 0 Å². The monoisotopic (exact) mass is 728 g/mol. The third kappa shape index (κ3) is 8.11. The average molecular weight is 729 g/mol. The van der Waals surface area contributed by atoms with E-state index in [2.05, 4.69) is 45.3 Å². The van der Waals surface area contributed by atoms with Gasteiger partial charge in [0.1, 0.15) is 18.1 Å². The highest BCUT2D eigenvalue weighted by molar-refractivity contribution is 7.98. The minimum absolute atomic E-state index is 0.000214. The molecule has 260 valence electrons. The van der Waals surface area contributed by atoms with Crippen molar-refractivity contribution in [2.75, 3.05) is 36.1 Å². The lowest BCUT2D eigenvalue weighted by Gasteiger charge is -2.20. The molecule has 2 aromatic carbocycles. The summed E-state index contributed by atoms with van der Waals surface area (Å²) in [5.74, 6) is 0.157. The number of carbonyl (C=O) groups is 1. The predicted octanol–water partition coefficient (Wildman–Crippen LogP) is 5.00. The zero-order valence-corrected chi connectivity index (χ0v) is 28.5. The van der Waals surface area contributed by atoms with Crippen molar-refractivity contribution in [2.24, 2.45) is 0 Å². The number of nitrogens with one attached hydrogen (secondary N) is 2. The number of thioether (sulfide) groups is 1. The van der Waals surface area contributed by atoms with Crippen LogP contribution in [-0.2, 0) is 10.0 Å². The molecular weight excluding hydrogens is 701 g/mol. The lowest BCUT2D eigenvalue weighted by Crippen LogP contribution is -2.34. The van der Waals surface area contributed by atoms with Crippen molar-refractivity contribution < 1.29 is 32.5 Å². The molecule has 1 amide bonds. The Hall–Kier alpha value is -6.34. The van der Waals surface area contributed by atoms with Gasteiger partial charge in [-0.1, -0.05) is 18.2 Å². The van der Waals surface area contributed by atoms with Gasteiger partial charge in [0.2, 0.25) is 11.6 Å². The van der Waals surface area contributed by atoms with Crippen LogP contribution in [0.5, 0.6) is 23.1 Å². The fraction of sp³-hybridized carbons (Fsp3) is 0.125. The number of rotatable bonds is 14. The number of ether oxygens (including phenoxy) is 3. The van der Waals surface area contributed by atoms with Crippen LogP contribution in [-0.4, -0.2) is 86.7 Å². The van der Waals surface area contributed by atoms with Crippen LogP contribution in [0.3, 0.4) is 0 Å². The summed E-state index contributed by atoms with van der Waals surface area (Å²) in [5.41, 5.74) is 0.703. The van der Waals surface area contributed by atoms with Crippen molar-refractivity contribution in [2.45, 2.75) is 9.79 Å². The second-order valence-corrected chi connectivity index (χ2v) is 12.8. The Kier molecular flexibility index (Phi) is 10.5. The maximum Gasteiger partial charge on any atom is 0.413 e. The number of para-hydroxylation sites is 2. The summed E-state index contributed by atoms with van der Waals surface area (Å²) in [7, 11) is -2.82. The molecule has 0 radical (unpaired) electrons. The highest BCUT2D eigenvalue weighted by Gasteiger charge is 2.26. The summed E-state index contributed by atoms with van der Waals surface area (Å²) < 4.78 is 48.0. The molecule has 17 nitrogen and oxygen atoms in total. The van der Waals surface area contributed by atoms with E-state index in [1.807, 2.05) is 6.26 Å². The molecule has 0 aliphatic heterocycles. The number of H-pyrrole nitrogens is 1. The highest BCUT2D eigenvalue weighted by atomic mass is 32.2. The van der Waals surface area contributed by atoms with Crippen LogP contribution in [0.15, 0.2) is 101 Å². The molecule has 4 heterocycles. The zero-order chi connectivity index (χ0) is 35.8. The lowest BCUT2D eigenvalue weighted by molar-refractivity contribution is 0.198. The fourth-order valence-corrected chi connectivity index (χ4v) is 6.00. The second-order valence-electron chi connectivity index (χ2n) is 10.2. The van der Waals surface area contributed by atoms with Crippen molar-refractivity contribution in [3.05, 3.63) is 91.3 Å². The number of methoxy groups -OCH3 is 1. The number of nitrogens with zero attached hydrogens (tertiary/aromatic N) is 8. The van der Waals surface area contributed by atoms with Crippen LogP contribution in [0.1, 0.15) is 0 Å². The summed E-state index contributed by atoms with van der Waals surface area (Å²) in [4.78, 5) is 31.5. The molecule has 0 saturated heterocycles. The van der Waals surface area contributed by atoms with Crippen molar-refractivity contribution >= 4 is 39.5 Å². The third-order valence-electron chi connectivity index (χ3n) is 7.02. The molecule has 0 bridgehead atoms. The van der Waals surface area contributed by atoms with Crippen LogP contribution in [0.25, 0.3) is 22.9 Å². The van der Waals surface area contributed by atoms with Crippen LogP contribution >= 0.6 is 11.8 Å². The Labute approximate surface area is 295 Å². The maximum atomic E-state index is 13.8. The van der Waals surface area contributed by atoms with E-state index < -0.39 is 16.1 Å². The number of aromatic amines is 1. The molecule has 19 heteroatoms. The van der Waals surface area contributed by atoms with Gasteiger partial charge >= 0.3 is 6.09 Å². The Morgan fingerprint density at radius 3 is 2.43 bits per heavy atom. The molecule has 0 fully saturated rings. The van der Waals surface area contributed by atoms with E-state index in [0.29, 0.717) is 17.0 Å². The molecular formula is C32H28N10O7S2. The number of anilines is 2. The van der Waals surface area contributed by atoms with Gasteiger partial charge in [0, 0.05) is 22.9 Å². The van der Waals surface area contributed by atoms with E-state index in [9.17, 15) is 18.3 Å². The SMILES string of the molecule is COc1ccccc1Oc1c(NS(=O)(=O)c2ccc(SC)cc2)nc(-c2ccnc(-c3nn[nH]n3)c2)nc1OCCN(C(=O)O)c1ccccn1. The topological polar surface area (TPSA) is 220 Å². The minimum Gasteiger partial charge on any atom is -0.493 e. The van der Waals surface area contributed by atoms with E-state index >= 15 is 0 Å². The maximum absolute atomic E-state index is 13.8. The van der Waals surface area contributed by atoms with Crippen molar-refractivity contribution in [3.8, 4) is 46.0 Å². The van der Waals surface area contributed by atoms with Gasteiger partial charge in [0.15, 0.2) is 23.1 Å². The van der Waals surface area contributed by atoms with Crippen LogP contribution < -0.4 is 23.8 Å². The number of hydrogen-bond acceptors (Lipinski definition) is 14. The molecule has 3 N–H and O–H groups in total. The van der Waals surface area contributed by atoms with Gasteiger partial charge in [0.25, 0.3) is 15.9 Å². The van der Waals surface area contributed by atoms with Crippen LogP contribution in [0.4, 0.5) is 16.4 Å². The highest BCUT2D eigenvalue weighted by Crippen LogP contribution is 2.42. The van der Waals surface area contributed by atoms with Gasteiger partial charge in [-0.05, 0) is 72.1 Å². The number of tetrazole rings is 1. The Morgan fingerprint density at radius 2 is 1.75 bits per heavy atom. The molecule has 51 heavy (non-hydrogen) atoms. The number of pyridine rings is 2. The van der Waals surface area contributed by atoms with Crippen molar-refractivity contribution in [1.29, 1.82) is 0 Å². The Morgan fingerprint density at radius 1 is 0.961 bits per heavy atom. The van der Waals surface area contributed by atoms with E-state index in [1.54, 1.807) is 60.7 Å². The standard InChI is InChI=1S/C32H28N10O7S2/c1-47-24-7-3-4-8-25(24)49-27-30(39-51(45,46)22-12-10-21(50-2)11-13-22)35-28(20-14-16-33-23(19-20)29-37-40-41-38-29)36-31(27)48-18-17-42(32(43)44)26-9-5-6-15-34-26/h3-16,19H,17-18H2,1-2H3,(H,43,44)(H,35,36,39)(H,37,38,40,41). The van der Waals surface area contributed by atoms with E-state index in [1.165, 1.54) is 49.5 Å². The Bertz CT molecular complexity index is 2230. The van der Waals surface area contributed by atoms with Crippen molar-refractivity contribution in [1.82, 2.24) is 40.6 Å². The molecule has 6 aromatic rings. The van der Waals surface area contributed by atoms with Crippen molar-refractivity contribution in [3.63, 3.8) is 0 Å². The largest absolute Gasteiger partial charge is 0.493 e. The number of benzene rings is 2. The minimum atomic E-state index is -4.26. The number of carboxylic acid groups (broad SMARTS) is 1. The normalized spacial score (nSPS) is 11.1. The summed E-state index contributed by atoms with van der Waals surface area (Å²) >= 11 is 1.46. The Balaban J connectivity index is 1.47. The molecule has 0 aliphatic rings. The lowest BCUT2D eigenvalue weighted by atomic mass is 10.2. The molecule has 0 saturated carbocycles. The second kappa shape index (κ2) is 15.5. The van der Waals surface area contributed by atoms with E-state index in [4.69, 9.17) is 14.2 Å². The molecule has 0 aliphatic carbocycles. The first-order valence-corrected chi connectivity index (χ1v) is 17.6. The van der Waals surface area contributed by atoms with Crippen LogP contribution in [0.2, 0.25) is 0 Å². The van der Waals surface area contributed by atoms with Gasteiger partial charge in [0.05, 0.1) is 18.6 Å². The van der Waals surface area contributed by atoms with Gasteiger partial charge in [-0.25, -0.2) is 23.2 Å². The quantitative estimate of drug-likeness (QED) is 0.126. The average Bonchev–Trinajstić information content (AvgIpc) is 3.70. The first kappa shape index (κ1) is 34.5. The first-order chi connectivity index (χ1) is 24.8. The van der Waals surface area contributed by atoms with Gasteiger partial charge in [-0.15, -0.1) is 22.0 Å². The van der Waals surface area contributed by atoms with E-state index in [-0.39, 0.29) is 58.7 Å². The molecule has 0 spiro atoms. The molecule has 4 aromatic heterocycles. The van der Waals surface area contributed by atoms with Gasteiger partial charge in [-0.2, -0.15) is 10.2 Å². The fourth-order valence-electron chi connectivity index (χ4n) is 4.59. The van der Waals surface area contributed by atoms with E-state index in [0.717, 1.165) is 9.80 Å². The molecule has 0 atom stereocenters. The third-order valence-corrected chi connectivity index (χ3v) is 9.12. The number of sulfonamides is 1. The zero-order valence-electron chi connectivity index (χ0n) is 26.9. The predicted molar refractivity (Wildman–Crippen MR) is 186 cm³/mol. The molecule has 6 rings (SSSR count). The van der Waals surface area contributed by atoms with Gasteiger partial charge < -0.3 is 19.3 Å². The smallest absolute Gasteiger partial charge is 0.413 e. The number of aromatic nitrogens is 8. The molecule has 0 unspecified atom stereocenters. The number of amides is 1. The first-order valence-electron chi connectivity index (χ1n) is 14.9. The summed E-state index contributed by atoms with van der Waals surface area (Å²) in [6.45, 7) is -0.436. The summed E-state index contributed by atoms with van der Waals surface area (Å²) in [5, 5.41) is 23.8. The number of hydrogen-bond donors (Lipinski definition) is 3. The summed E-state index contributed by atoms with van der Waals surface area (Å²) in [6.07, 6.45) is 3.55. The summed E-state index contributed by atoms with van der Waals surface area (Å²) in [6, 6.07) is 21.0. The van der Waals surface area contributed by atoms with Gasteiger partial charge in [-0.3, -0.25) is 14.6 Å².